The van der Waals surface area contributed by atoms with E-state index in [4.69, 9.17) is 11.6 Å². The largest absolute Gasteiger partial charge is 0.573 e. The van der Waals surface area contributed by atoms with Gasteiger partial charge in [0.25, 0.3) is 0 Å². The van der Waals surface area contributed by atoms with Gasteiger partial charge in [0.1, 0.15) is 5.75 Å². The van der Waals surface area contributed by atoms with E-state index in [9.17, 15) is 18.3 Å². The molecule has 0 aliphatic carbocycles. The molecule has 166 valence electrons. The zero-order chi connectivity index (χ0) is 22.2. The highest BCUT2D eigenvalue weighted by Crippen LogP contribution is 2.36. The number of nitrogens with zero attached hydrogens (tertiary/aromatic N) is 2. The lowest BCUT2D eigenvalue weighted by Crippen LogP contribution is -2.30. The maximum Gasteiger partial charge on any atom is 0.573 e. The van der Waals surface area contributed by atoms with Crippen LogP contribution >= 0.6 is 11.6 Å². The summed E-state index contributed by atoms with van der Waals surface area (Å²) in [6, 6.07) is 9.59. The molecule has 0 radical (unpaired) electrons. The summed E-state index contributed by atoms with van der Waals surface area (Å²) in [6.45, 7) is 2.50. The van der Waals surface area contributed by atoms with Crippen molar-refractivity contribution in [2.75, 3.05) is 20.1 Å². The van der Waals surface area contributed by atoms with Crippen molar-refractivity contribution in [2.45, 2.75) is 32.2 Å². The van der Waals surface area contributed by atoms with Crippen LogP contribution in [0, 0.1) is 5.92 Å². The van der Waals surface area contributed by atoms with E-state index >= 15 is 0 Å². The van der Waals surface area contributed by atoms with Crippen LogP contribution in [0.3, 0.4) is 0 Å². The van der Waals surface area contributed by atoms with Crippen molar-refractivity contribution in [3.05, 3.63) is 58.7 Å². The molecule has 0 unspecified atom stereocenters. The fraction of sp³-hybridized carbons (Fsp3) is 0.391. The first-order valence-corrected chi connectivity index (χ1v) is 10.6. The minimum Gasteiger partial charge on any atom is -0.494 e. The molecule has 2 heterocycles. The number of aromatic hydroxyl groups is 1. The molecular weight excluding hydrogens is 429 g/mol. The summed E-state index contributed by atoms with van der Waals surface area (Å²) in [4.78, 5) is 2.34. The van der Waals surface area contributed by atoms with Gasteiger partial charge in [-0.25, -0.2) is 0 Å². The molecule has 1 aliphatic heterocycles. The van der Waals surface area contributed by atoms with Crippen molar-refractivity contribution in [3.63, 3.8) is 0 Å². The number of alkyl halides is 3. The predicted octanol–water partition coefficient (Wildman–Crippen LogP) is 5.83. The quantitative estimate of drug-likeness (QED) is 0.529. The third-order valence-electron chi connectivity index (χ3n) is 5.84. The lowest BCUT2D eigenvalue weighted by atomic mass is 9.90. The van der Waals surface area contributed by atoms with E-state index in [0.717, 1.165) is 48.9 Å². The van der Waals surface area contributed by atoms with Gasteiger partial charge in [-0.2, -0.15) is 0 Å². The standard InChI is InChI=1S/C23H24ClF3N2O2/c1-28-8-6-15(7-9-28)10-17-11-18-14-29(22(30)21(18)20(24)12-17)13-16-2-4-19(5-3-16)31-23(25,26)27/h2-5,11-12,14-15,30H,6-10,13H2,1H3. The fourth-order valence-electron chi connectivity index (χ4n) is 4.23. The zero-order valence-corrected chi connectivity index (χ0v) is 17.9. The fourth-order valence-corrected chi connectivity index (χ4v) is 4.56. The number of fused-ring (bicyclic) bond motifs is 1. The second kappa shape index (κ2) is 8.63. The first kappa shape index (κ1) is 21.8. The van der Waals surface area contributed by atoms with E-state index in [-0.39, 0.29) is 11.6 Å². The molecule has 0 atom stereocenters. The number of hydrogen-bond donors (Lipinski definition) is 1. The summed E-state index contributed by atoms with van der Waals surface area (Å²) >= 11 is 6.50. The first-order valence-electron chi connectivity index (χ1n) is 10.2. The van der Waals surface area contributed by atoms with Gasteiger partial charge in [0.05, 0.1) is 17.0 Å². The average molecular weight is 453 g/mol. The third-order valence-corrected chi connectivity index (χ3v) is 6.14. The molecule has 1 fully saturated rings. The number of piperidine rings is 1. The second-order valence-corrected chi connectivity index (χ2v) is 8.67. The van der Waals surface area contributed by atoms with Crippen molar-refractivity contribution >= 4 is 22.4 Å². The Morgan fingerprint density at radius 3 is 2.42 bits per heavy atom. The van der Waals surface area contributed by atoms with Gasteiger partial charge in [0, 0.05) is 11.6 Å². The normalized spacial score (nSPS) is 16.2. The highest BCUT2D eigenvalue weighted by Gasteiger charge is 2.31. The van der Waals surface area contributed by atoms with Crippen molar-refractivity contribution < 1.29 is 23.0 Å². The van der Waals surface area contributed by atoms with Crippen LogP contribution in [0.5, 0.6) is 11.6 Å². The molecule has 1 N–H and O–H groups in total. The van der Waals surface area contributed by atoms with Crippen molar-refractivity contribution in [1.82, 2.24) is 9.47 Å². The number of aromatic nitrogens is 1. The highest BCUT2D eigenvalue weighted by molar-refractivity contribution is 6.36. The maximum absolute atomic E-state index is 12.3. The van der Waals surface area contributed by atoms with E-state index in [1.165, 1.54) is 24.3 Å². The maximum atomic E-state index is 12.3. The summed E-state index contributed by atoms with van der Waals surface area (Å²) < 4.78 is 42.5. The topological polar surface area (TPSA) is 37.6 Å². The third kappa shape index (κ3) is 5.28. The lowest BCUT2D eigenvalue weighted by Gasteiger charge is -2.29. The minimum absolute atomic E-state index is 0.0430. The minimum atomic E-state index is -4.72. The van der Waals surface area contributed by atoms with Crippen LogP contribution in [0.1, 0.15) is 24.0 Å². The van der Waals surface area contributed by atoms with Gasteiger partial charge in [-0.15, -0.1) is 13.2 Å². The Morgan fingerprint density at radius 2 is 1.77 bits per heavy atom. The van der Waals surface area contributed by atoms with Crippen LogP contribution < -0.4 is 4.74 Å². The molecule has 2 aromatic carbocycles. The summed E-state index contributed by atoms with van der Waals surface area (Å²) in [5, 5.41) is 12.6. The number of hydrogen-bond acceptors (Lipinski definition) is 3. The SMILES string of the molecule is CN1CCC(Cc2cc(Cl)c3c(O)n(Cc4ccc(OC(F)(F)F)cc4)cc3c2)CC1. The number of rotatable bonds is 5. The molecule has 0 spiro atoms. The summed E-state index contributed by atoms with van der Waals surface area (Å²) in [6.07, 6.45) is 0.379. The van der Waals surface area contributed by atoms with Gasteiger partial charge in [0.15, 0.2) is 0 Å². The Hall–Kier alpha value is -2.38. The molecule has 31 heavy (non-hydrogen) atoms. The van der Waals surface area contributed by atoms with Gasteiger partial charge in [-0.3, -0.25) is 0 Å². The Bertz CT molecular complexity index is 1060. The Morgan fingerprint density at radius 1 is 1.10 bits per heavy atom. The first-order chi connectivity index (χ1) is 14.7. The van der Waals surface area contributed by atoms with E-state index in [0.29, 0.717) is 22.9 Å². The van der Waals surface area contributed by atoms with Crippen LogP contribution in [0.2, 0.25) is 5.02 Å². The van der Waals surface area contributed by atoms with Gasteiger partial charge in [0.2, 0.25) is 5.88 Å². The molecule has 0 bridgehead atoms. The molecule has 0 amide bonds. The molecule has 1 aromatic heterocycles. The smallest absolute Gasteiger partial charge is 0.494 e. The Labute approximate surface area is 183 Å². The van der Waals surface area contributed by atoms with E-state index < -0.39 is 6.36 Å². The predicted molar refractivity (Wildman–Crippen MR) is 115 cm³/mol. The molecular formula is C23H24ClF3N2O2. The number of ether oxygens (including phenoxy) is 1. The number of halogens is 4. The van der Waals surface area contributed by atoms with E-state index in [1.807, 2.05) is 12.3 Å². The van der Waals surface area contributed by atoms with Gasteiger partial charge in [-0.05, 0) is 80.7 Å². The number of benzene rings is 2. The molecule has 3 aromatic rings. The van der Waals surface area contributed by atoms with Gasteiger partial charge in [-0.1, -0.05) is 23.7 Å². The lowest BCUT2D eigenvalue weighted by molar-refractivity contribution is -0.274. The van der Waals surface area contributed by atoms with Crippen molar-refractivity contribution in [1.29, 1.82) is 0 Å². The molecule has 1 saturated heterocycles. The zero-order valence-electron chi connectivity index (χ0n) is 17.1. The molecule has 0 saturated carbocycles. The van der Waals surface area contributed by atoms with Gasteiger partial charge < -0.3 is 19.3 Å². The summed E-state index contributed by atoms with van der Waals surface area (Å²) in [7, 11) is 2.14. The van der Waals surface area contributed by atoms with Crippen LogP contribution in [0.4, 0.5) is 13.2 Å². The average Bonchev–Trinajstić information content (AvgIpc) is 3.00. The van der Waals surface area contributed by atoms with Gasteiger partial charge >= 0.3 is 6.36 Å². The monoisotopic (exact) mass is 452 g/mol. The Balaban J connectivity index is 1.52. The van der Waals surface area contributed by atoms with E-state index in [2.05, 4.69) is 22.8 Å². The highest BCUT2D eigenvalue weighted by atomic mass is 35.5. The second-order valence-electron chi connectivity index (χ2n) is 8.27. The van der Waals surface area contributed by atoms with Crippen molar-refractivity contribution in [3.8, 4) is 11.6 Å². The molecule has 4 rings (SSSR count). The van der Waals surface area contributed by atoms with Crippen molar-refractivity contribution in [2.24, 2.45) is 5.92 Å². The number of likely N-dealkylation sites (tertiary alicyclic amines) is 1. The van der Waals surface area contributed by atoms with Crippen LogP contribution in [0.25, 0.3) is 10.8 Å². The Kier molecular flexibility index (Phi) is 6.08. The molecule has 8 heteroatoms. The van der Waals surface area contributed by atoms with Crippen LogP contribution in [-0.2, 0) is 13.0 Å². The summed E-state index contributed by atoms with van der Waals surface area (Å²) in [5.74, 6) is 0.388. The van der Waals surface area contributed by atoms with E-state index in [1.54, 1.807) is 4.57 Å². The molecule has 1 aliphatic rings. The van der Waals surface area contributed by atoms with Crippen LogP contribution in [-0.4, -0.2) is 41.1 Å². The van der Waals surface area contributed by atoms with Crippen LogP contribution in [0.15, 0.2) is 42.6 Å². The molecule has 4 nitrogen and oxygen atoms in total. The summed E-state index contributed by atoms with van der Waals surface area (Å²) in [5.41, 5.74) is 1.88.